The number of nitrogens with one attached hydrogen (secondary N) is 1. The predicted molar refractivity (Wildman–Crippen MR) is 84.0 cm³/mol. The Balaban J connectivity index is 2.15. The molecule has 2 heterocycles. The zero-order valence-corrected chi connectivity index (χ0v) is 13.2. The van der Waals surface area contributed by atoms with E-state index in [0.29, 0.717) is 0 Å². The van der Waals surface area contributed by atoms with Gasteiger partial charge in [-0.1, -0.05) is 13.8 Å². The van der Waals surface area contributed by atoms with E-state index in [-0.39, 0.29) is 6.04 Å². The van der Waals surface area contributed by atoms with Gasteiger partial charge in [-0.15, -0.1) is 0 Å². The van der Waals surface area contributed by atoms with Crippen LogP contribution in [0.15, 0.2) is 24.8 Å². The first kappa shape index (κ1) is 15.6. The van der Waals surface area contributed by atoms with Crippen molar-refractivity contribution in [2.75, 3.05) is 6.54 Å². The van der Waals surface area contributed by atoms with Crippen molar-refractivity contribution in [3.8, 4) is 0 Å². The van der Waals surface area contributed by atoms with Crippen LogP contribution in [-0.2, 0) is 13.0 Å². The molecule has 1 unspecified atom stereocenters. The molecule has 0 fully saturated rings. The van der Waals surface area contributed by atoms with Crippen molar-refractivity contribution in [2.45, 2.75) is 52.6 Å². The molecule has 0 spiro atoms. The lowest BCUT2D eigenvalue weighted by Crippen LogP contribution is -2.26. The van der Waals surface area contributed by atoms with Crippen LogP contribution in [0.25, 0.3) is 0 Å². The molecule has 2 aromatic heterocycles. The Bertz CT molecular complexity index is 532. The molecule has 0 bridgehead atoms. The van der Waals surface area contributed by atoms with Gasteiger partial charge in [0, 0.05) is 31.6 Å². The van der Waals surface area contributed by atoms with Gasteiger partial charge in [-0.2, -0.15) is 0 Å². The van der Waals surface area contributed by atoms with Crippen LogP contribution < -0.4 is 5.32 Å². The summed E-state index contributed by atoms with van der Waals surface area (Å²) in [5, 5.41) is 3.56. The van der Waals surface area contributed by atoms with Crippen molar-refractivity contribution in [3.63, 3.8) is 0 Å². The predicted octanol–water partition coefficient (Wildman–Crippen LogP) is 2.67. The van der Waals surface area contributed by atoms with Gasteiger partial charge in [-0.05, 0) is 26.3 Å². The molecule has 1 N–H and O–H groups in total. The molecule has 0 aliphatic carbocycles. The standard InChI is InChI=1S/C16H25N5/c1-4-6-17-14(15-12-19-13(3)11-20-15)10-16-18-7-9-21(16)8-5-2/h7,9,11-12,14,17H,4-6,8,10H2,1-3H3. The highest BCUT2D eigenvalue weighted by Gasteiger charge is 2.16. The van der Waals surface area contributed by atoms with Crippen LogP contribution in [0.4, 0.5) is 0 Å². The van der Waals surface area contributed by atoms with Crippen LogP contribution in [0, 0.1) is 6.92 Å². The van der Waals surface area contributed by atoms with Crippen LogP contribution in [0.2, 0.25) is 0 Å². The fourth-order valence-electron chi connectivity index (χ4n) is 2.34. The van der Waals surface area contributed by atoms with Crippen molar-refractivity contribution >= 4 is 0 Å². The number of hydrogen-bond donors (Lipinski definition) is 1. The first-order valence-corrected chi connectivity index (χ1v) is 7.76. The van der Waals surface area contributed by atoms with E-state index in [1.165, 1.54) is 0 Å². The Kier molecular flexibility index (Phi) is 5.87. The first-order chi connectivity index (χ1) is 10.2. The minimum Gasteiger partial charge on any atom is -0.335 e. The smallest absolute Gasteiger partial charge is 0.110 e. The zero-order chi connectivity index (χ0) is 15.1. The van der Waals surface area contributed by atoms with Gasteiger partial charge in [0.05, 0.1) is 23.6 Å². The van der Waals surface area contributed by atoms with Crippen LogP contribution in [0.3, 0.4) is 0 Å². The molecule has 0 amide bonds. The highest BCUT2D eigenvalue weighted by molar-refractivity contribution is 5.09. The molecule has 0 aliphatic heterocycles. The summed E-state index contributed by atoms with van der Waals surface area (Å²) in [4.78, 5) is 13.4. The van der Waals surface area contributed by atoms with E-state index in [1.807, 2.05) is 25.5 Å². The molecule has 0 saturated carbocycles. The van der Waals surface area contributed by atoms with E-state index in [9.17, 15) is 0 Å². The van der Waals surface area contributed by atoms with Crippen molar-refractivity contribution in [1.29, 1.82) is 0 Å². The molecule has 114 valence electrons. The maximum absolute atomic E-state index is 4.53. The normalized spacial score (nSPS) is 12.5. The van der Waals surface area contributed by atoms with Crippen molar-refractivity contribution in [1.82, 2.24) is 24.8 Å². The lowest BCUT2D eigenvalue weighted by atomic mass is 10.1. The van der Waals surface area contributed by atoms with E-state index in [0.717, 1.165) is 49.6 Å². The topological polar surface area (TPSA) is 55.6 Å². The third-order valence-corrected chi connectivity index (χ3v) is 3.45. The number of aryl methyl sites for hydroxylation is 2. The molecule has 0 aliphatic rings. The summed E-state index contributed by atoms with van der Waals surface area (Å²) in [6.45, 7) is 8.29. The van der Waals surface area contributed by atoms with Crippen LogP contribution in [0.1, 0.15) is 49.9 Å². The lowest BCUT2D eigenvalue weighted by molar-refractivity contribution is 0.491. The monoisotopic (exact) mass is 287 g/mol. The Labute approximate surface area is 126 Å². The molecule has 1 atom stereocenters. The van der Waals surface area contributed by atoms with Crippen molar-refractivity contribution in [2.24, 2.45) is 0 Å². The second kappa shape index (κ2) is 7.88. The molecule has 21 heavy (non-hydrogen) atoms. The summed E-state index contributed by atoms with van der Waals surface area (Å²) in [6.07, 6.45) is 10.7. The van der Waals surface area contributed by atoms with Gasteiger partial charge in [0.15, 0.2) is 0 Å². The third kappa shape index (κ3) is 4.36. The summed E-state index contributed by atoms with van der Waals surface area (Å²) in [6, 6.07) is 0.163. The van der Waals surface area contributed by atoms with Crippen LogP contribution >= 0.6 is 0 Å². The second-order valence-corrected chi connectivity index (χ2v) is 5.33. The number of rotatable bonds is 8. The Morgan fingerprint density at radius 3 is 2.67 bits per heavy atom. The van der Waals surface area contributed by atoms with E-state index < -0.39 is 0 Å². The highest BCUT2D eigenvalue weighted by atomic mass is 15.1. The molecule has 0 aromatic carbocycles. The Hall–Kier alpha value is -1.75. The van der Waals surface area contributed by atoms with Crippen LogP contribution in [-0.4, -0.2) is 26.1 Å². The Morgan fingerprint density at radius 1 is 1.14 bits per heavy atom. The maximum atomic E-state index is 4.53. The molecule has 2 rings (SSSR count). The van der Waals surface area contributed by atoms with Gasteiger partial charge in [-0.25, -0.2) is 4.98 Å². The van der Waals surface area contributed by atoms with Gasteiger partial charge in [0.2, 0.25) is 0 Å². The number of hydrogen-bond acceptors (Lipinski definition) is 4. The highest BCUT2D eigenvalue weighted by Crippen LogP contribution is 2.15. The molecule has 2 aromatic rings. The fraction of sp³-hybridized carbons (Fsp3) is 0.562. The lowest BCUT2D eigenvalue weighted by Gasteiger charge is -2.18. The van der Waals surface area contributed by atoms with Crippen molar-refractivity contribution in [3.05, 3.63) is 42.0 Å². The SMILES string of the molecule is CCCNC(Cc1nccn1CCC)c1cnc(C)cn1. The number of nitrogens with zero attached hydrogens (tertiary/aromatic N) is 4. The Morgan fingerprint density at radius 2 is 2.00 bits per heavy atom. The molecule has 5 heteroatoms. The number of imidazole rings is 1. The summed E-state index contributed by atoms with van der Waals surface area (Å²) < 4.78 is 2.22. The maximum Gasteiger partial charge on any atom is 0.110 e. The van der Waals surface area contributed by atoms with Gasteiger partial charge < -0.3 is 9.88 Å². The minimum atomic E-state index is 0.163. The molecular weight excluding hydrogens is 262 g/mol. The molecular formula is C16H25N5. The van der Waals surface area contributed by atoms with Gasteiger partial charge >= 0.3 is 0 Å². The summed E-state index contributed by atoms with van der Waals surface area (Å²) >= 11 is 0. The summed E-state index contributed by atoms with van der Waals surface area (Å²) in [5.41, 5.74) is 1.93. The average Bonchev–Trinajstić information content (AvgIpc) is 2.92. The average molecular weight is 287 g/mol. The van der Waals surface area contributed by atoms with E-state index in [4.69, 9.17) is 0 Å². The third-order valence-electron chi connectivity index (χ3n) is 3.45. The summed E-state index contributed by atoms with van der Waals surface area (Å²) in [5.74, 6) is 1.10. The quantitative estimate of drug-likeness (QED) is 0.811. The molecule has 5 nitrogen and oxygen atoms in total. The minimum absolute atomic E-state index is 0.163. The van der Waals surface area contributed by atoms with Crippen molar-refractivity contribution < 1.29 is 0 Å². The van der Waals surface area contributed by atoms with E-state index >= 15 is 0 Å². The van der Waals surface area contributed by atoms with Gasteiger partial charge in [0.25, 0.3) is 0 Å². The van der Waals surface area contributed by atoms with E-state index in [2.05, 4.69) is 44.9 Å². The first-order valence-electron chi connectivity index (χ1n) is 7.76. The van der Waals surface area contributed by atoms with Crippen LogP contribution in [0.5, 0.6) is 0 Å². The zero-order valence-electron chi connectivity index (χ0n) is 13.2. The van der Waals surface area contributed by atoms with E-state index in [1.54, 1.807) is 0 Å². The number of aromatic nitrogens is 4. The summed E-state index contributed by atoms with van der Waals surface area (Å²) in [7, 11) is 0. The van der Waals surface area contributed by atoms with Gasteiger partial charge in [-0.3, -0.25) is 9.97 Å². The fourth-order valence-corrected chi connectivity index (χ4v) is 2.34. The molecule has 0 radical (unpaired) electrons. The van der Waals surface area contributed by atoms with Gasteiger partial charge in [0.1, 0.15) is 5.82 Å². The molecule has 0 saturated heterocycles. The second-order valence-electron chi connectivity index (χ2n) is 5.33. The largest absolute Gasteiger partial charge is 0.335 e.